The maximum absolute atomic E-state index is 12.2. The number of nitrogens with one attached hydrogen (secondary N) is 2. The summed E-state index contributed by atoms with van der Waals surface area (Å²) in [6.07, 6.45) is 0. The largest absolute Gasteiger partial charge is 0.372 e. The van der Waals surface area contributed by atoms with E-state index in [2.05, 4.69) is 50.9 Å². The minimum atomic E-state index is -4.54. The van der Waals surface area contributed by atoms with Gasteiger partial charge in [-0.2, -0.15) is 40.2 Å². The molecule has 0 unspecified atom stereocenters. The van der Waals surface area contributed by atoms with Crippen LogP contribution in [-0.4, -0.2) is 91.5 Å². The van der Waals surface area contributed by atoms with Crippen LogP contribution >= 0.6 is 11.8 Å². The van der Waals surface area contributed by atoms with Gasteiger partial charge in [0.05, 0.1) is 28.5 Å². The number of aromatic nitrogens is 3. The fraction of sp³-hybridized carbons (Fsp3) is 0.222. The Bertz CT molecular complexity index is 3240. The molecular weight excluding hydrogens is 967 g/mol. The summed E-state index contributed by atoms with van der Waals surface area (Å²) in [7, 11) is -13.4. The van der Waals surface area contributed by atoms with Crippen molar-refractivity contribution in [3.05, 3.63) is 109 Å². The maximum atomic E-state index is 12.2. The van der Waals surface area contributed by atoms with Crippen molar-refractivity contribution in [2.75, 3.05) is 58.1 Å². The molecule has 1 aromatic heterocycles. The standard InChI is InChI=1S/C45H47N11O9S4/c1-5-55(6-2)29-17-19-37(53-51-35-21-23-41(68(60,61)62)33-15-11-9-13-31(33)35)39(27-29)46-43-48-44(50-45(49-43)66-25-26-67(57,58)59)47-40-28-30(56(7-3)8-4)18-20-38(40)54-52-36-22-24-42(69(63,64)65)34-16-12-10-14-32(34)36/h9-24,27-28H,5-8,25-26H2,1-4H3,(H,57,58,59)(H,60,61,62)(H,63,64,65)(H2,46,47,48,49,50)/b53-51+,54-52+. The summed E-state index contributed by atoms with van der Waals surface area (Å²) in [6.45, 7) is 10.7. The zero-order valence-corrected chi connectivity index (χ0v) is 40.8. The summed E-state index contributed by atoms with van der Waals surface area (Å²) < 4.78 is 101. The highest BCUT2D eigenvalue weighted by Gasteiger charge is 2.19. The van der Waals surface area contributed by atoms with E-state index in [4.69, 9.17) is 4.98 Å². The van der Waals surface area contributed by atoms with E-state index in [0.717, 1.165) is 23.1 Å². The van der Waals surface area contributed by atoms with E-state index in [9.17, 15) is 38.9 Å². The van der Waals surface area contributed by atoms with E-state index in [1.807, 2.05) is 52.0 Å². The molecule has 0 fully saturated rings. The number of fused-ring (bicyclic) bond motifs is 2. The second kappa shape index (κ2) is 21.3. The molecule has 20 nitrogen and oxygen atoms in total. The molecule has 0 aliphatic heterocycles. The van der Waals surface area contributed by atoms with Crippen LogP contribution < -0.4 is 20.4 Å². The minimum absolute atomic E-state index is 0.00595. The molecule has 5 N–H and O–H groups in total. The zero-order chi connectivity index (χ0) is 49.5. The lowest BCUT2D eigenvalue weighted by atomic mass is 10.1. The molecule has 0 aliphatic rings. The van der Waals surface area contributed by atoms with Crippen LogP contribution in [0.3, 0.4) is 0 Å². The molecule has 0 saturated heterocycles. The van der Waals surface area contributed by atoms with Gasteiger partial charge in [0.15, 0.2) is 5.16 Å². The Balaban J connectivity index is 1.32. The number of hydrogen-bond acceptors (Lipinski definition) is 18. The molecule has 0 spiro atoms. The maximum Gasteiger partial charge on any atom is 0.295 e. The van der Waals surface area contributed by atoms with Crippen LogP contribution in [0.1, 0.15) is 27.7 Å². The van der Waals surface area contributed by atoms with Gasteiger partial charge in [0.1, 0.15) is 21.2 Å². The Labute approximate surface area is 403 Å². The van der Waals surface area contributed by atoms with Crippen molar-refractivity contribution < 1.29 is 38.9 Å². The molecule has 0 atom stereocenters. The van der Waals surface area contributed by atoms with Crippen LogP contribution in [-0.2, 0) is 30.4 Å². The number of nitrogens with zero attached hydrogens (tertiary/aromatic N) is 9. The van der Waals surface area contributed by atoms with E-state index >= 15 is 0 Å². The highest BCUT2D eigenvalue weighted by molar-refractivity contribution is 8.00. The van der Waals surface area contributed by atoms with Crippen LogP contribution in [0, 0.1) is 0 Å². The minimum Gasteiger partial charge on any atom is -0.372 e. The lowest BCUT2D eigenvalue weighted by molar-refractivity contribution is 0.482. The number of anilines is 6. The number of benzene rings is 6. The van der Waals surface area contributed by atoms with Crippen molar-refractivity contribution in [3.8, 4) is 0 Å². The second-order valence-electron chi connectivity index (χ2n) is 15.0. The number of hydrogen-bond donors (Lipinski definition) is 5. The number of rotatable bonds is 20. The zero-order valence-electron chi connectivity index (χ0n) is 37.6. The lowest BCUT2D eigenvalue weighted by Crippen LogP contribution is -2.21. The molecule has 7 aromatic rings. The second-order valence-corrected chi connectivity index (χ2v) is 20.4. The van der Waals surface area contributed by atoms with E-state index < -0.39 is 36.1 Å². The summed E-state index contributed by atoms with van der Waals surface area (Å²) in [5.74, 6) is -0.677. The van der Waals surface area contributed by atoms with Crippen molar-refractivity contribution >= 4 is 121 Å². The highest BCUT2D eigenvalue weighted by atomic mass is 32.2. The fourth-order valence-electron chi connectivity index (χ4n) is 7.36. The molecule has 24 heteroatoms. The van der Waals surface area contributed by atoms with Crippen LogP contribution in [0.5, 0.6) is 0 Å². The first-order valence-corrected chi connectivity index (χ1v) is 26.8. The summed E-state index contributed by atoms with van der Waals surface area (Å²) in [4.78, 5) is 17.6. The normalized spacial score (nSPS) is 12.3. The van der Waals surface area contributed by atoms with Crippen LogP contribution in [0.4, 0.5) is 57.4 Å². The fourth-order valence-corrected chi connectivity index (χ4v) is 10.4. The van der Waals surface area contributed by atoms with E-state index in [1.165, 1.54) is 24.3 Å². The molecular formula is C45H47N11O9S4. The molecule has 0 amide bonds. The first kappa shape index (κ1) is 50.2. The molecule has 0 bridgehead atoms. The topological polar surface area (TPSA) is 282 Å². The Morgan fingerprint density at radius 3 is 1.26 bits per heavy atom. The van der Waals surface area contributed by atoms with Gasteiger partial charge in [-0.05, 0) is 88.4 Å². The van der Waals surface area contributed by atoms with E-state index in [0.29, 0.717) is 71.1 Å². The molecule has 6 aromatic carbocycles. The molecule has 0 radical (unpaired) electrons. The van der Waals surface area contributed by atoms with Crippen molar-refractivity contribution in [1.82, 2.24) is 15.0 Å². The van der Waals surface area contributed by atoms with Crippen molar-refractivity contribution in [1.29, 1.82) is 0 Å². The van der Waals surface area contributed by atoms with Crippen LogP contribution in [0.15, 0.2) is 145 Å². The van der Waals surface area contributed by atoms with Gasteiger partial charge in [0, 0.05) is 64.9 Å². The number of thioether (sulfide) groups is 1. The highest BCUT2D eigenvalue weighted by Crippen LogP contribution is 2.39. The first-order valence-electron chi connectivity index (χ1n) is 21.4. The Morgan fingerprint density at radius 2 is 0.884 bits per heavy atom. The molecule has 1 heterocycles. The summed E-state index contributed by atoms with van der Waals surface area (Å²) in [5, 5.41) is 26.1. The van der Waals surface area contributed by atoms with Gasteiger partial charge in [-0.3, -0.25) is 13.7 Å². The Hall–Kier alpha value is -6.67. The summed E-state index contributed by atoms with van der Waals surface area (Å²) in [6, 6.07) is 29.4. The van der Waals surface area contributed by atoms with Crippen molar-refractivity contribution in [2.24, 2.45) is 20.5 Å². The first-order chi connectivity index (χ1) is 32.9. The molecule has 69 heavy (non-hydrogen) atoms. The van der Waals surface area contributed by atoms with Crippen molar-refractivity contribution in [2.45, 2.75) is 42.6 Å². The average Bonchev–Trinajstić information content (AvgIpc) is 3.30. The van der Waals surface area contributed by atoms with Gasteiger partial charge in [0.25, 0.3) is 30.4 Å². The van der Waals surface area contributed by atoms with E-state index in [1.54, 1.807) is 60.7 Å². The average molecular weight is 1010 g/mol. The molecule has 360 valence electrons. The third-order valence-corrected chi connectivity index (χ3v) is 14.4. The van der Waals surface area contributed by atoms with Gasteiger partial charge in [0.2, 0.25) is 11.9 Å². The molecule has 7 rings (SSSR count). The quantitative estimate of drug-likeness (QED) is 0.0269. The smallest absolute Gasteiger partial charge is 0.295 e. The van der Waals surface area contributed by atoms with Gasteiger partial charge < -0.3 is 20.4 Å². The number of azo groups is 2. The Kier molecular flexibility index (Phi) is 15.5. The third kappa shape index (κ3) is 12.3. The van der Waals surface area contributed by atoms with Crippen LogP contribution in [0.2, 0.25) is 0 Å². The van der Waals surface area contributed by atoms with Gasteiger partial charge in [-0.25, -0.2) is 0 Å². The lowest BCUT2D eigenvalue weighted by Gasteiger charge is -2.22. The van der Waals surface area contributed by atoms with Gasteiger partial charge in [-0.1, -0.05) is 60.3 Å². The van der Waals surface area contributed by atoms with Crippen LogP contribution in [0.25, 0.3) is 21.5 Å². The third-order valence-electron chi connectivity index (χ3n) is 10.7. The molecule has 0 saturated carbocycles. The Morgan fingerprint density at radius 1 is 0.507 bits per heavy atom. The SMILES string of the molecule is CCN(CC)c1ccc(/N=N/c2ccc(S(=O)(=O)O)c3ccccc23)c(Nc2nc(Nc3cc(N(CC)CC)ccc3/N=N/c3ccc(S(=O)(=O)O)c4ccccc34)nc(SCCS(=O)(=O)O)n2)c1. The summed E-state index contributed by atoms with van der Waals surface area (Å²) in [5.41, 5.74) is 3.75. The predicted molar refractivity (Wildman–Crippen MR) is 269 cm³/mol. The van der Waals surface area contributed by atoms with Gasteiger partial charge in [-0.15, -0.1) is 20.5 Å². The van der Waals surface area contributed by atoms with Gasteiger partial charge >= 0.3 is 0 Å². The monoisotopic (exact) mass is 1010 g/mol. The van der Waals surface area contributed by atoms with E-state index in [-0.39, 0.29) is 43.4 Å². The van der Waals surface area contributed by atoms with Crippen molar-refractivity contribution in [3.63, 3.8) is 0 Å². The molecule has 0 aliphatic carbocycles. The summed E-state index contributed by atoms with van der Waals surface area (Å²) >= 11 is 0.956. The predicted octanol–water partition coefficient (Wildman–Crippen LogP) is 10.7.